The standard InChI is InChI=1S/C64H84FN9O5S2Si2/c1-48-44-58(69-70-60(48)68-63-74(47-77-42-43-82(7,8)9)54-30-17-18-31-56(54)80-63)73(62-67-59(61(75)76)57(81-62)32-23-41-78-55-34-33-49(45-53(55)65)24-21-36-71(5)6)39-22-25-50(46-66-35-40-72-37-19-12-20-38-72)79-83(64(2,3)4,51-26-13-10-14-27-51)52-28-15-11-16-29-52/h10-11,13-18,26-31,33-34,44-45,50,66H,12,19-20,22-23,25,32,35-43,46-47H2,1-9H3,(H,75,76). The van der Waals surface area contributed by atoms with Gasteiger partial charge in [0.15, 0.2) is 38.8 Å². The molecule has 0 amide bonds. The maximum atomic E-state index is 15.2. The fraction of sp³-hybridized carbons (Fsp3) is 0.453. The van der Waals surface area contributed by atoms with Gasteiger partial charge in [-0.25, -0.2) is 14.2 Å². The van der Waals surface area contributed by atoms with Crippen LogP contribution in [0.15, 0.2) is 114 Å². The van der Waals surface area contributed by atoms with Crippen LogP contribution in [0, 0.1) is 24.6 Å². The van der Waals surface area contributed by atoms with Crippen molar-refractivity contribution in [3.8, 4) is 17.6 Å². The van der Waals surface area contributed by atoms with Crippen LogP contribution in [-0.2, 0) is 22.3 Å². The predicted octanol–water partition coefficient (Wildman–Crippen LogP) is 11.5. The molecule has 14 nitrogen and oxygen atoms in total. The number of nitrogens with one attached hydrogen (secondary N) is 1. The van der Waals surface area contributed by atoms with E-state index in [2.05, 4.69) is 140 Å². The number of anilines is 2. The molecule has 4 aromatic carbocycles. The van der Waals surface area contributed by atoms with Gasteiger partial charge in [0.05, 0.1) is 29.5 Å². The minimum atomic E-state index is -2.97. The lowest BCUT2D eigenvalue weighted by Gasteiger charge is -2.45. The molecule has 0 radical (unpaired) electrons. The Morgan fingerprint density at radius 3 is 2.28 bits per heavy atom. The lowest BCUT2D eigenvalue weighted by Crippen LogP contribution is -2.68. The van der Waals surface area contributed by atoms with Gasteiger partial charge in [-0.3, -0.25) is 9.47 Å². The Labute approximate surface area is 500 Å². The third-order valence-corrected chi connectivity index (χ3v) is 23.8. The third-order valence-electron chi connectivity index (χ3n) is 14.8. The van der Waals surface area contributed by atoms with E-state index in [1.807, 2.05) is 49.0 Å². The summed E-state index contributed by atoms with van der Waals surface area (Å²) in [5.41, 5.74) is 2.36. The predicted molar refractivity (Wildman–Crippen MR) is 343 cm³/mol. The highest BCUT2D eigenvalue weighted by Gasteiger charge is 2.51. The second kappa shape index (κ2) is 29.7. The summed E-state index contributed by atoms with van der Waals surface area (Å²) in [5, 5.41) is 26.9. The number of aromatic nitrogens is 4. The van der Waals surface area contributed by atoms with E-state index in [0.717, 1.165) is 52.8 Å². The Morgan fingerprint density at radius 2 is 1.61 bits per heavy atom. The van der Waals surface area contributed by atoms with Crippen LogP contribution in [0.1, 0.15) is 85.8 Å². The molecule has 1 aliphatic rings. The number of aryl methyl sites for hydroxylation is 2. The average molecular weight is 1200 g/mol. The Kier molecular flexibility index (Phi) is 22.6. The zero-order valence-corrected chi connectivity index (χ0v) is 53.7. The molecule has 1 fully saturated rings. The van der Waals surface area contributed by atoms with E-state index in [0.29, 0.717) is 85.9 Å². The molecule has 442 valence electrons. The molecular weight excluding hydrogens is 1110 g/mol. The van der Waals surface area contributed by atoms with Crippen LogP contribution in [0.3, 0.4) is 0 Å². The number of carboxylic acids is 1. The summed E-state index contributed by atoms with van der Waals surface area (Å²) in [4.78, 5) is 30.9. The SMILES string of the molecule is Cc1cc(N(CCCC(CNCCN2CCCCC2)O[Si](c2ccccc2)(c2ccccc2)C(C)(C)C)c2nc(C(=O)O)c(CCCOc3ccc(C#CCN(C)C)cc3F)s2)nnc1N=c1sc2ccccc2n1COCC[Si](C)(C)C. The topological polar surface area (TPSA) is 143 Å². The van der Waals surface area contributed by atoms with Crippen LogP contribution in [0.4, 0.5) is 21.2 Å². The van der Waals surface area contributed by atoms with Crippen LogP contribution < -0.4 is 30.1 Å². The first kappa shape index (κ1) is 63.1. The van der Waals surface area contributed by atoms with Crippen molar-refractivity contribution in [2.75, 3.05) is 78.0 Å². The molecule has 1 unspecified atom stereocenters. The Morgan fingerprint density at radius 1 is 0.904 bits per heavy atom. The van der Waals surface area contributed by atoms with Crippen molar-refractivity contribution in [1.29, 1.82) is 0 Å². The molecule has 8 rings (SSSR count). The number of carboxylic acid groups (broad SMARTS) is 1. The Balaban J connectivity index is 1.10. The van der Waals surface area contributed by atoms with Gasteiger partial charge >= 0.3 is 5.97 Å². The number of thiazole rings is 2. The minimum absolute atomic E-state index is 0.0367. The number of carbonyl (C=O) groups is 1. The van der Waals surface area contributed by atoms with Gasteiger partial charge in [-0.05, 0) is 136 Å². The van der Waals surface area contributed by atoms with Gasteiger partial charge in [-0.15, -0.1) is 21.5 Å². The zero-order valence-electron chi connectivity index (χ0n) is 50.0. The van der Waals surface area contributed by atoms with Crippen LogP contribution >= 0.6 is 22.7 Å². The number of halogens is 1. The summed E-state index contributed by atoms with van der Waals surface area (Å²) < 4.78 is 38.4. The number of rotatable bonds is 28. The number of para-hydroxylation sites is 1. The van der Waals surface area contributed by atoms with Crippen molar-refractivity contribution in [1.82, 2.24) is 34.9 Å². The summed E-state index contributed by atoms with van der Waals surface area (Å²) in [7, 11) is -0.420. The van der Waals surface area contributed by atoms with E-state index >= 15 is 4.39 Å². The van der Waals surface area contributed by atoms with Gasteiger partial charge in [0, 0.05) is 51.3 Å². The molecule has 83 heavy (non-hydrogen) atoms. The number of aromatic carboxylic acids is 1. The largest absolute Gasteiger partial charge is 0.491 e. The van der Waals surface area contributed by atoms with Gasteiger partial charge in [0.25, 0.3) is 8.32 Å². The maximum absolute atomic E-state index is 15.2. The van der Waals surface area contributed by atoms with Gasteiger partial charge < -0.3 is 34.1 Å². The number of hydrogen-bond donors (Lipinski definition) is 2. The molecule has 3 aromatic heterocycles. The zero-order chi connectivity index (χ0) is 59.0. The van der Waals surface area contributed by atoms with Crippen molar-refractivity contribution in [3.63, 3.8) is 0 Å². The molecule has 1 saturated heterocycles. The van der Waals surface area contributed by atoms with Gasteiger partial charge in [0.2, 0.25) is 0 Å². The summed E-state index contributed by atoms with van der Waals surface area (Å²) >= 11 is 2.90. The van der Waals surface area contributed by atoms with Gasteiger partial charge in [-0.2, -0.15) is 4.99 Å². The average Bonchev–Trinajstić information content (AvgIpc) is 3.43. The Hall–Kier alpha value is -5.93. The van der Waals surface area contributed by atoms with Crippen molar-refractivity contribution in [2.45, 2.75) is 116 Å². The molecule has 0 saturated carbocycles. The van der Waals surface area contributed by atoms with Crippen molar-refractivity contribution in [2.24, 2.45) is 4.99 Å². The second-order valence-corrected chi connectivity index (χ2v) is 35.9. The summed E-state index contributed by atoms with van der Waals surface area (Å²) in [6, 6.07) is 37.5. The van der Waals surface area contributed by atoms with Crippen molar-refractivity contribution >= 4 is 82.4 Å². The van der Waals surface area contributed by atoms with Crippen molar-refractivity contribution in [3.05, 3.63) is 142 Å². The molecule has 7 aromatic rings. The number of likely N-dealkylation sites (tertiary alicyclic amines) is 1. The van der Waals surface area contributed by atoms with Crippen LogP contribution in [0.2, 0.25) is 30.7 Å². The van der Waals surface area contributed by atoms with E-state index in [1.54, 1.807) is 23.5 Å². The second-order valence-electron chi connectivity index (χ2n) is 24.0. The highest BCUT2D eigenvalue weighted by atomic mass is 32.1. The van der Waals surface area contributed by atoms with Crippen LogP contribution in [0.25, 0.3) is 10.2 Å². The lowest BCUT2D eigenvalue weighted by molar-refractivity contribution is 0.0690. The number of piperidine rings is 1. The number of fused-ring (bicyclic) bond motifs is 1. The van der Waals surface area contributed by atoms with E-state index < -0.39 is 28.2 Å². The highest BCUT2D eigenvalue weighted by Crippen LogP contribution is 2.39. The van der Waals surface area contributed by atoms with Gasteiger partial charge in [-0.1, -0.05) is 143 Å². The fourth-order valence-electron chi connectivity index (χ4n) is 10.4. The molecule has 4 heterocycles. The minimum Gasteiger partial charge on any atom is -0.491 e. The van der Waals surface area contributed by atoms with Crippen molar-refractivity contribution < 1.29 is 28.2 Å². The number of hydrogen-bond acceptors (Lipinski definition) is 14. The number of ether oxygens (including phenoxy) is 2. The molecule has 1 aliphatic heterocycles. The molecular formula is C64H84FN9O5S2Si2. The molecule has 2 N–H and O–H groups in total. The quantitative estimate of drug-likeness (QED) is 0.0274. The van der Waals surface area contributed by atoms with Crippen LogP contribution in [0.5, 0.6) is 5.75 Å². The molecule has 0 aliphatic carbocycles. The molecule has 0 spiro atoms. The first-order chi connectivity index (χ1) is 39.9. The normalized spacial score (nSPS) is 14.0. The smallest absolute Gasteiger partial charge is 0.355 e. The molecule has 0 bridgehead atoms. The molecule has 19 heteroatoms. The van der Waals surface area contributed by atoms with E-state index in [4.69, 9.17) is 34.1 Å². The summed E-state index contributed by atoms with van der Waals surface area (Å²) in [6.45, 7) is 22.9. The Bertz CT molecular complexity index is 3310. The number of nitrogens with zero attached hydrogens (tertiary/aromatic N) is 8. The summed E-state index contributed by atoms with van der Waals surface area (Å²) in [5.74, 6) is 5.50. The first-order valence-corrected chi connectivity index (χ1v) is 36.5. The highest BCUT2D eigenvalue weighted by molar-refractivity contribution is 7.16. The lowest BCUT2D eigenvalue weighted by atomic mass is 10.1. The van der Waals surface area contributed by atoms with E-state index in [-0.39, 0.29) is 29.2 Å². The van der Waals surface area contributed by atoms with Crippen LogP contribution in [-0.4, -0.2) is 136 Å². The molecule has 1 atom stereocenters. The number of benzene rings is 4. The first-order valence-electron chi connectivity index (χ1n) is 29.2. The third kappa shape index (κ3) is 17.4. The van der Waals surface area contributed by atoms with E-state index in [9.17, 15) is 9.90 Å². The summed E-state index contributed by atoms with van der Waals surface area (Å²) in [6.07, 6.45) is 5.70. The fourth-order valence-corrected chi connectivity index (χ4v) is 18.0. The monoisotopic (exact) mass is 1200 g/mol. The maximum Gasteiger partial charge on any atom is 0.355 e. The van der Waals surface area contributed by atoms with Gasteiger partial charge in [0.1, 0.15) is 6.73 Å². The van der Waals surface area contributed by atoms with E-state index in [1.165, 1.54) is 47.0 Å².